The largest absolute Gasteiger partial charge is 0.483 e. The van der Waals surface area contributed by atoms with Gasteiger partial charge >= 0.3 is 0 Å². The molecule has 0 fully saturated rings. The number of ether oxygens (including phenoxy) is 2. The quantitative estimate of drug-likeness (QED) is 0.287. The highest BCUT2D eigenvalue weighted by Crippen LogP contribution is 2.19. The van der Waals surface area contributed by atoms with E-state index in [1.807, 2.05) is 54.6 Å². The van der Waals surface area contributed by atoms with Gasteiger partial charge in [0.25, 0.3) is 11.8 Å². The molecule has 0 saturated carbocycles. The minimum absolute atomic E-state index is 0.0647. The topological polar surface area (TPSA) is 76.7 Å². The molecule has 0 radical (unpaired) electrons. The molecule has 0 heterocycles. The van der Waals surface area contributed by atoms with Crippen molar-refractivity contribution >= 4 is 17.5 Å². The number of rotatable bonds is 11. The Morgan fingerprint density at radius 2 is 1.41 bits per heavy atom. The Bertz CT molecular complexity index is 1340. The maximum Gasteiger partial charge on any atom is 0.262 e. The molecule has 4 aromatic rings. The van der Waals surface area contributed by atoms with E-state index < -0.39 is 11.7 Å². The molecular formula is C30H27FN2O4. The van der Waals surface area contributed by atoms with Gasteiger partial charge in [0, 0.05) is 6.54 Å². The molecule has 2 N–H and O–H groups in total. The smallest absolute Gasteiger partial charge is 0.262 e. The highest BCUT2D eigenvalue weighted by Gasteiger charge is 2.14. The van der Waals surface area contributed by atoms with Gasteiger partial charge in [0.15, 0.2) is 6.61 Å². The van der Waals surface area contributed by atoms with E-state index in [2.05, 4.69) is 10.6 Å². The lowest BCUT2D eigenvalue weighted by Gasteiger charge is -2.12. The average molecular weight is 499 g/mol. The molecule has 4 rings (SSSR count). The lowest BCUT2D eigenvalue weighted by molar-refractivity contribution is -0.118. The minimum Gasteiger partial charge on any atom is -0.483 e. The van der Waals surface area contributed by atoms with Crippen molar-refractivity contribution in [3.05, 3.63) is 131 Å². The molecule has 37 heavy (non-hydrogen) atoms. The van der Waals surface area contributed by atoms with E-state index in [1.54, 1.807) is 30.3 Å². The van der Waals surface area contributed by atoms with Crippen molar-refractivity contribution in [3.63, 3.8) is 0 Å². The van der Waals surface area contributed by atoms with Crippen LogP contribution in [0.3, 0.4) is 0 Å². The average Bonchev–Trinajstić information content (AvgIpc) is 2.93. The van der Waals surface area contributed by atoms with E-state index in [1.165, 1.54) is 18.2 Å². The van der Waals surface area contributed by atoms with Gasteiger partial charge in [-0.3, -0.25) is 9.59 Å². The summed E-state index contributed by atoms with van der Waals surface area (Å²) in [6, 6.07) is 30.3. The van der Waals surface area contributed by atoms with Crippen LogP contribution in [-0.2, 0) is 29.3 Å². The SMILES string of the molecule is O=C(COc1ccccc1C(=O)NCc1cccc(COCc2ccccc2)c1)Nc1ccccc1F. The van der Waals surface area contributed by atoms with E-state index in [0.29, 0.717) is 25.3 Å². The highest BCUT2D eigenvalue weighted by molar-refractivity contribution is 5.97. The van der Waals surface area contributed by atoms with Crippen molar-refractivity contribution in [1.29, 1.82) is 0 Å². The van der Waals surface area contributed by atoms with Gasteiger partial charge in [0.05, 0.1) is 24.5 Å². The third kappa shape index (κ3) is 7.75. The number of nitrogens with one attached hydrogen (secondary N) is 2. The van der Waals surface area contributed by atoms with Crippen LogP contribution in [0.25, 0.3) is 0 Å². The Labute approximate surface area is 215 Å². The van der Waals surface area contributed by atoms with Crippen LogP contribution in [0.4, 0.5) is 10.1 Å². The van der Waals surface area contributed by atoms with Crippen molar-refractivity contribution in [2.75, 3.05) is 11.9 Å². The summed E-state index contributed by atoms with van der Waals surface area (Å²) in [6.45, 7) is 0.927. The van der Waals surface area contributed by atoms with Crippen LogP contribution in [0.2, 0.25) is 0 Å². The van der Waals surface area contributed by atoms with Crippen molar-refractivity contribution in [2.45, 2.75) is 19.8 Å². The summed E-state index contributed by atoms with van der Waals surface area (Å²) >= 11 is 0. The van der Waals surface area contributed by atoms with Gasteiger partial charge in [0.1, 0.15) is 11.6 Å². The van der Waals surface area contributed by atoms with Crippen molar-refractivity contribution in [3.8, 4) is 5.75 Å². The second-order valence-corrected chi connectivity index (χ2v) is 8.29. The second-order valence-electron chi connectivity index (χ2n) is 8.29. The molecule has 7 heteroatoms. The van der Waals surface area contributed by atoms with Crippen molar-refractivity contribution in [1.82, 2.24) is 5.32 Å². The lowest BCUT2D eigenvalue weighted by Crippen LogP contribution is -2.25. The van der Waals surface area contributed by atoms with Gasteiger partial charge in [0.2, 0.25) is 0 Å². The Kier molecular flexibility index (Phi) is 8.99. The number of anilines is 1. The second kappa shape index (κ2) is 13.0. The van der Waals surface area contributed by atoms with Crippen molar-refractivity contribution in [2.24, 2.45) is 0 Å². The number of hydrogen-bond donors (Lipinski definition) is 2. The number of carbonyl (C=O) groups is 2. The third-order valence-electron chi connectivity index (χ3n) is 5.46. The van der Waals surface area contributed by atoms with Crippen LogP contribution in [0.15, 0.2) is 103 Å². The highest BCUT2D eigenvalue weighted by atomic mass is 19.1. The molecule has 0 spiro atoms. The minimum atomic E-state index is -0.539. The van der Waals surface area contributed by atoms with Crippen LogP contribution in [0.1, 0.15) is 27.0 Å². The van der Waals surface area contributed by atoms with Gasteiger partial charge in [-0.25, -0.2) is 4.39 Å². The molecule has 4 aromatic carbocycles. The lowest BCUT2D eigenvalue weighted by atomic mass is 10.1. The Morgan fingerprint density at radius 1 is 0.730 bits per heavy atom. The summed E-state index contributed by atoms with van der Waals surface area (Å²) in [6.07, 6.45) is 0. The van der Waals surface area contributed by atoms with Gasteiger partial charge in [-0.1, -0.05) is 78.9 Å². The number of carbonyl (C=O) groups excluding carboxylic acids is 2. The predicted octanol–water partition coefficient (Wildman–Crippen LogP) is 5.49. The first-order chi connectivity index (χ1) is 18.1. The Hall–Kier alpha value is -4.49. The standard InChI is InChI=1S/C30H27FN2O4/c31-26-14-5-6-15-27(26)33-29(34)21-37-28-16-7-4-13-25(28)30(35)32-18-23-11-8-12-24(17-23)20-36-19-22-9-2-1-3-10-22/h1-17H,18-21H2,(H,32,35)(H,33,34). The summed E-state index contributed by atoms with van der Waals surface area (Å²) in [7, 11) is 0. The van der Waals surface area contributed by atoms with Crippen LogP contribution < -0.4 is 15.4 Å². The first-order valence-electron chi connectivity index (χ1n) is 11.8. The van der Waals surface area contributed by atoms with E-state index in [-0.39, 0.29) is 24.0 Å². The van der Waals surface area contributed by atoms with Gasteiger partial charge in [-0.15, -0.1) is 0 Å². The number of para-hydroxylation sites is 2. The summed E-state index contributed by atoms with van der Waals surface area (Å²) in [5.41, 5.74) is 3.40. The monoisotopic (exact) mass is 498 g/mol. The maximum absolute atomic E-state index is 13.7. The zero-order chi connectivity index (χ0) is 25.9. The molecule has 0 aromatic heterocycles. The van der Waals surface area contributed by atoms with Crippen LogP contribution in [0, 0.1) is 5.82 Å². The fourth-order valence-corrected chi connectivity index (χ4v) is 3.64. The fourth-order valence-electron chi connectivity index (χ4n) is 3.64. The Morgan fingerprint density at radius 3 is 2.24 bits per heavy atom. The molecule has 0 unspecified atom stereocenters. The molecule has 0 atom stereocenters. The van der Waals surface area contributed by atoms with Crippen LogP contribution in [-0.4, -0.2) is 18.4 Å². The molecule has 188 valence electrons. The van der Waals surface area contributed by atoms with Crippen molar-refractivity contribution < 1.29 is 23.5 Å². The summed E-state index contributed by atoms with van der Waals surface area (Å²) in [5, 5.41) is 5.34. The van der Waals surface area contributed by atoms with Crippen LogP contribution >= 0.6 is 0 Å². The summed E-state index contributed by atoms with van der Waals surface area (Å²) in [5.74, 6) is -1.16. The molecule has 0 saturated heterocycles. The van der Waals surface area contributed by atoms with Gasteiger partial charge in [-0.05, 0) is 41.0 Å². The zero-order valence-electron chi connectivity index (χ0n) is 20.2. The normalized spacial score (nSPS) is 10.5. The molecule has 0 aliphatic heterocycles. The van der Waals surface area contributed by atoms with E-state index in [4.69, 9.17) is 9.47 Å². The number of amides is 2. The predicted molar refractivity (Wildman–Crippen MR) is 140 cm³/mol. The molecule has 2 amide bonds. The molecular weight excluding hydrogens is 471 g/mol. The number of halogens is 1. The maximum atomic E-state index is 13.7. The molecule has 0 bridgehead atoms. The van der Waals surface area contributed by atoms with E-state index in [0.717, 1.165) is 16.7 Å². The number of benzene rings is 4. The zero-order valence-corrected chi connectivity index (χ0v) is 20.2. The van der Waals surface area contributed by atoms with E-state index in [9.17, 15) is 14.0 Å². The Balaban J connectivity index is 1.29. The first-order valence-corrected chi connectivity index (χ1v) is 11.8. The fraction of sp³-hybridized carbons (Fsp3) is 0.133. The molecule has 0 aliphatic carbocycles. The van der Waals surface area contributed by atoms with Gasteiger partial charge in [-0.2, -0.15) is 0 Å². The summed E-state index contributed by atoms with van der Waals surface area (Å²) in [4.78, 5) is 25.1. The first kappa shape index (κ1) is 25.6. The van der Waals surface area contributed by atoms with Crippen LogP contribution in [0.5, 0.6) is 5.75 Å². The molecule has 0 aliphatic rings. The molecule has 6 nitrogen and oxygen atoms in total. The summed E-state index contributed by atoms with van der Waals surface area (Å²) < 4.78 is 25.1. The van der Waals surface area contributed by atoms with E-state index >= 15 is 0 Å². The number of hydrogen-bond acceptors (Lipinski definition) is 4. The van der Waals surface area contributed by atoms with Gasteiger partial charge < -0.3 is 20.1 Å². The third-order valence-corrected chi connectivity index (χ3v) is 5.46.